The van der Waals surface area contributed by atoms with Gasteiger partial charge in [0, 0.05) is 19.0 Å². The Bertz CT molecular complexity index is 966. The van der Waals surface area contributed by atoms with Gasteiger partial charge in [-0.3, -0.25) is 4.79 Å². The van der Waals surface area contributed by atoms with Gasteiger partial charge >= 0.3 is 0 Å². The highest BCUT2D eigenvalue weighted by Crippen LogP contribution is 2.35. The van der Waals surface area contributed by atoms with Crippen LogP contribution in [0.15, 0.2) is 91.5 Å². The maximum atomic E-state index is 12.3. The molecule has 0 fully saturated rings. The second-order valence-electron chi connectivity index (χ2n) is 7.02. The third-order valence-electron chi connectivity index (χ3n) is 5.19. The summed E-state index contributed by atoms with van der Waals surface area (Å²) >= 11 is 0. The summed E-state index contributed by atoms with van der Waals surface area (Å²) in [6, 6.07) is 26.7. The Hall–Kier alpha value is -3.33. The summed E-state index contributed by atoms with van der Waals surface area (Å²) in [5.41, 5.74) is 4.72. The van der Waals surface area contributed by atoms with Crippen molar-refractivity contribution >= 4 is 5.91 Å². The first-order chi connectivity index (χ1) is 13.7. The lowest BCUT2D eigenvalue weighted by Crippen LogP contribution is -2.37. The topological polar surface area (TPSA) is 29.5 Å². The molecule has 0 saturated carbocycles. The van der Waals surface area contributed by atoms with Crippen LogP contribution in [0.3, 0.4) is 0 Å². The number of rotatable bonds is 5. The number of carbonyl (C=O) groups excluding carboxylic acids is 1. The van der Waals surface area contributed by atoms with Gasteiger partial charge in [0.15, 0.2) is 0 Å². The molecule has 0 spiro atoms. The van der Waals surface area contributed by atoms with Gasteiger partial charge in [-0.05, 0) is 40.5 Å². The fraction of sp³-hybridized carbons (Fsp3) is 0.160. The Morgan fingerprint density at radius 1 is 1.04 bits per heavy atom. The molecule has 28 heavy (non-hydrogen) atoms. The SMILES string of the molecule is C=CC(=O)N1Cc2cc(OCc3ccccc3)ccc2[C@@H](c2ccccc2)C1. The number of hydrogen-bond donors (Lipinski definition) is 0. The van der Waals surface area contributed by atoms with Gasteiger partial charge in [0.05, 0.1) is 0 Å². The maximum absolute atomic E-state index is 12.3. The zero-order valence-corrected chi connectivity index (χ0v) is 15.8. The minimum Gasteiger partial charge on any atom is -0.489 e. The molecule has 0 bridgehead atoms. The van der Waals surface area contributed by atoms with E-state index in [9.17, 15) is 4.79 Å². The van der Waals surface area contributed by atoms with Crippen LogP contribution in [0.4, 0.5) is 0 Å². The first-order valence-corrected chi connectivity index (χ1v) is 9.50. The number of amides is 1. The Kier molecular flexibility index (Phi) is 5.24. The fourth-order valence-electron chi connectivity index (χ4n) is 3.75. The normalized spacial score (nSPS) is 15.6. The van der Waals surface area contributed by atoms with E-state index in [1.54, 1.807) is 0 Å². The van der Waals surface area contributed by atoms with Crippen LogP contribution in [0.1, 0.15) is 28.2 Å². The molecule has 1 aliphatic rings. The Morgan fingerprint density at radius 2 is 1.75 bits per heavy atom. The minimum absolute atomic E-state index is 0.0396. The first-order valence-electron chi connectivity index (χ1n) is 9.50. The van der Waals surface area contributed by atoms with Crippen molar-refractivity contribution in [2.75, 3.05) is 6.54 Å². The number of benzene rings is 3. The summed E-state index contributed by atoms with van der Waals surface area (Å²) in [7, 11) is 0. The van der Waals surface area contributed by atoms with E-state index >= 15 is 0 Å². The van der Waals surface area contributed by atoms with Crippen molar-refractivity contribution < 1.29 is 9.53 Å². The van der Waals surface area contributed by atoms with Gasteiger partial charge in [0.2, 0.25) is 5.91 Å². The van der Waals surface area contributed by atoms with E-state index < -0.39 is 0 Å². The van der Waals surface area contributed by atoms with Crippen LogP contribution in [-0.4, -0.2) is 17.4 Å². The van der Waals surface area contributed by atoms with E-state index in [1.165, 1.54) is 17.2 Å². The smallest absolute Gasteiger partial charge is 0.246 e. The zero-order chi connectivity index (χ0) is 19.3. The molecule has 1 aliphatic heterocycles. The number of hydrogen-bond acceptors (Lipinski definition) is 2. The van der Waals surface area contributed by atoms with Gasteiger partial charge in [0.1, 0.15) is 12.4 Å². The Morgan fingerprint density at radius 3 is 2.46 bits per heavy atom. The Balaban J connectivity index is 1.63. The average Bonchev–Trinajstić information content (AvgIpc) is 2.77. The van der Waals surface area contributed by atoms with Gasteiger partial charge in [-0.25, -0.2) is 0 Å². The monoisotopic (exact) mass is 369 g/mol. The number of fused-ring (bicyclic) bond motifs is 1. The molecule has 0 aliphatic carbocycles. The summed E-state index contributed by atoms with van der Waals surface area (Å²) in [5.74, 6) is 0.932. The highest BCUT2D eigenvalue weighted by Gasteiger charge is 2.28. The van der Waals surface area contributed by atoms with Crippen LogP contribution < -0.4 is 4.74 Å². The van der Waals surface area contributed by atoms with E-state index in [2.05, 4.69) is 30.8 Å². The van der Waals surface area contributed by atoms with E-state index in [0.29, 0.717) is 19.7 Å². The van der Waals surface area contributed by atoms with Crippen molar-refractivity contribution in [2.24, 2.45) is 0 Å². The largest absolute Gasteiger partial charge is 0.489 e. The van der Waals surface area contributed by atoms with Crippen molar-refractivity contribution in [3.05, 3.63) is 114 Å². The van der Waals surface area contributed by atoms with Crippen molar-refractivity contribution in [2.45, 2.75) is 19.1 Å². The Labute approximate surface area is 165 Å². The summed E-state index contributed by atoms with van der Waals surface area (Å²) in [6.07, 6.45) is 1.39. The van der Waals surface area contributed by atoms with Crippen LogP contribution in [0.2, 0.25) is 0 Å². The second kappa shape index (κ2) is 8.13. The standard InChI is InChI=1S/C25H23NO2/c1-2-25(27)26-16-21-15-22(28-18-19-9-5-3-6-10-19)13-14-23(21)24(17-26)20-11-7-4-8-12-20/h2-15,24H,1,16-18H2/t24-/m1/s1. The lowest BCUT2D eigenvalue weighted by molar-refractivity contribution is -0.127. The molecule has 4 rings (SSSR count). The van der Waals surface area contributed by atoms with Gasteiger partial charge < -0.3 is 9.64 Å². The molecule has 140 valence electrons. The summed E-state index contributed by atoms with van der Waals surface area (Å²) in [5, 5.41) is 0. The summed E-state index contributed by atoms with van der Waals surface area (Å²) in [4.78, 5) is 14.2. The molecule has 0 aromatic heterocycles. The molecule has 0 unspecified atom stereocenters. The lowest BCUT2D eigenvalue weighted by atomic mass is 9.84. The minimum atomic E-state index is -0.0396. The van der Waals surface area contributed by atoms with Crippen molar-refractivity contribution in [3.8, 4) is 5.75 Å². The zero-order valence-electron chi connectivity index (χ0n) is 15.8. The molecule has 0 saturated heterocycles. The molecule has 3 nitrogen and oxygen atoms in total. The number of ether oxygens (including phenoxy) is 1. The van der Waals surface area contributed by atoms with E-state index in [4.69, 9.17) is 4.74 Å². The van der Waals surface area contributed by atoms with Crippen LogP contribution in [0.25, 0.3) is 0 Å². The van der Waals surface area contributed by atoms with Crippen LogP contribution in [0, 0.1) is 0 Å². The highest BCUT2D eigenvalue weighted by atomic mass is 16.5. The molecule has 0 N–H and O–H groups in total. The molecule has 0 radical (unpaired) electrons. The third-order valence-corrected chi connectivity index (χ3v) is 5.19. The van der Waals surface area contributed by atoms with Crippen molar-refractivity contribution in [3.63, 3.8) is 0 Å². The molecule has 1 amide bonds. The summed E-state index contributed by atoms with van der Waals surface area (Å²) in [6.45, 7) is 5.41. The van der Waals surface area contributed by atoms with Crippen LogP contribution >= 0.6 is 0 Å². The van der Waals surface area contributed by atoms with Crippen molar-refractivity contribution in [1.82, 2.24) is 4.90 Å². The molecular formula is C25H23NO2. The van der Waals surface area contributed by atoms with Gasteiger partial charge in [-0.2, -0.15) is 0 Å². The van der Waals surface area contributed by atoms with Crippen LogP contribution in [0.5, 0.6) is 5.75 Å². The molecule has 1 heterocycles. The van der Waals surface area contributed by atoms with Gasteiger partial charge in [-0.1, -0.05) is 73.3 Å². The van der Waals surface area contributed by atoms with Crippen LogP contribution in [-0.2, 0) is 17.9 Å². The van der Waals surface area contributed by atoms with E-state index in [0.717, 1.165) is 16.9 Å². The van der Waals surface area contributed by atoms with Crippen molar-refractivity contribution in [1.29, 1.82) is 0 Å². The predicted molar refractivity (Wildman–Crippen MR) is 111 cm³/mol. The molecule has 3 aromatic rings. The number of nitrogens with zero attached hydrogens (tertiary/aromatic N) is 1. The fourth-order valence-corrected chi connectivity index (χ4v) is 3.75. The lowest BCUT2D eigenvalue weighted by Gasteiger charge is -2.34. The third kappa shape index (κ3) is 3.84. The maximum Gasteiger partial charge on any atom is 0.246 e. The molecule has 3 heteroatoms. The molecule has 1 atom stereocenters. The quantitative estimate of drug-likeness (QED) is 0.597. The predicted octanol–water partition coefficient (Wildman–Crippen LogP) is 4.93. The highest BCUT2D eigenvalue weighted by molar-refractivity contribution is 5.87. The van der Waals surface area contributed by atoms with E-state index in [-0.39, 0.29) is 11.8 Å². The average molecular weight is 369 g/mol. The van der Waals surface area contributed by atoms with Gasteiger partial charge in [-0.15, -0.1) is 0 Å². The molecular weight excluding hydrogens is 346 g/mol. The number of carbonyl (C=O) groups is 1. The summed E-state index contributed by atoms with van der Waals surface area (Å²) < 4.78 is 6.00. The van der Waals surface area contributed by atoms with E-state index in [1.807, 2.05) is 59.5 Å². The second-order valence-corrected chi connectivity index (χ2v) is 7.02. The van der Waals surface area contributed by atoms with Gasteiger partial charge in [0.25, 0.3) is 0 Å². The first kappa shape index (κ1) is 18.1. The molecule has 3 aromatic carbocycles.